The van der Waals surface area contributed by atoms with Crippen molar-refractivity contribution in [3.8, 4) is 0 Å². The van der Waals surface area contributed by atoms with Crippen molar-refractivity contribution in [2.24, 2.45) is 0 Å². The van der Waals surface area contributed by atoms with Gasteiger partial charge in [-0.1, -0.05) is 24.4 Å². The molecule has 0 unspecified atom stereocenters. The van der Waals surface area contributed by atoms with Gasteiger partial charge in [0.2, 0.25) is 10.0 Å². The van der Waals surface area contributed by atoms with Crippen molar-refractivity contribution in [2.75, 3.05) is 6.54 Å². The Morgan fingerprint density at radius 2 is 2.10 bits per heavy atom. The molecule has 1 aliphatic carbocycles. The van der Waals surface area contributed by atoms with Gasteiger partial charge in [-0.2, -0.15) is 0 Å². The lowest BCUT2D eigenvalue weighted by Gasteiger charge is -2.21. The van der Waals surface area contributed by atoms with Crippen LogP contribution in [0.5, 0.6) is 0 Å². The van der Waals surface area contributed by atoms with Crippen LogP contribution in [0.2, 0.25) is 4.34 Å². The van der Waals surface area contributed by atoms with E-state index < -0.39 is 26.2 Å². The molecule has 0 spiro atoms. The topological polar surface area (TPSA) is 110 Å². The molecule has 1 aromatic rings. The minimum absolute atomic E-state index is 0.0986. The monoisotopic (exact) mass is 340 g/mol. The summed E-state index contributed by atoms with van der Waals surface area (Å²) in [5, 5.41) is 20.7. The van der Waals surface area contributed by atoms with Crippen molar-refractivity contribution in [1.29, 1.82) is 0 Å². The van der Waals surface area contributed by atoms with E-state index in [1.165, 1.54) is 0 Å². The minimum atomic E-state index is -3.90. The van der Waals surface area contributed by atoms with Crippen molar-refractivity contribution in [3.05, 3.63) is 20.5 Å². The zero-order chi connectivity index (χ0) is 15.0. The van der Waals surface area contributed by atoms with E-state index in [1.807, 2.05) is 0 Å². The van der Waals surface area contributed by atoms with Crippen molar-refractivity contribution in [3.63, 3.8) is 0 Å². The number of hydrogen-bond acceptors (Lipinski definition) is 6. The molecule has 0 aliphatic heterocycles. The van der Waals surface area contributed by atoms with Crippen LogP contribution in [0, 0.1) is 10.1 Å². The van der Waals surface area contributed by atoms with Gasteiger partial charge in [0.15, 0.2) is 4.34 Å². The van der Waals surface area contributed by atoms with E-state index >= 15 is 0 Å². The summed E-state index contributed by atoms with van der Waals surface area (Å²) in [6.45, 7) is -0.0986. The summed E-state index contributed by atoms with van der Waals surface area (Å²) in [5.41, 5.74) is -1.46. The molecule has 1 aromatic heterocycles. The maximum Gasteiger partial charge on any atom is 0.300 e. The Bertz CT molecular complexity index is 622. The average molecular weight is 341 g/mol. The Morgan fingerprint density at radius 3 is 2.60 bits per heavy atom. The number of halogens is 1. The van der Waals surface area contributed by atoms with Gasteiger partial charge in [-0.15, -0.1) is 11.3 Å². The number of thiophene rings is 1. The van der Waals surface area contributed by atoms with E-state index in [0.717, 1.165) is 18.9 Å². The van der Waals surface area contributed by atoms with E-state index in [9.17, 15) is 23.6 Å². The van der Waals surface area contributed by atoms with Gasteiger partial charge in [0.1, 0.15) is 4.21 Å². The van der Waals surface area contributed by atoms with Crippen molar-refractivity contribution in [2.45, 2.75) is 35.5 Å². The highest BCUT2D eigenvalue weighted by Gasteiger charge is 2.33. The first-order valence-electron chi connectivity index (χ1n) is 5.89. The summed E-state index contributed by atoms with van der Waals surface area (Å²) in [6, 6.07) is 0.925. The average Bonchev–Trinajstić information content (AvgIpc) is 2.94. The van der Waals surface area contributed by atoms with Crippen LogP contribution in [-0.2, 0) is 10.0 Å². The second-order valence-electron chi connectivity index (χ2n) is 4.74. The SMILES string of the molecule is O=[N+]([O-])c1cc(S(=O)(=O)NCC2(O)CCCC2)sc1Cl. The molecule has 0 bridgehead atoms. The molecular weight excluding hydrogens is 328 g/mol. The number of aliphatic hydroxyl groups is 1. The zero-order valence-electron chi connectivity index (χ0n) is 10.3. The summed E-state index contributed by atoms with van der Waals surface area (Å²) in [4.78, 5) is 9.92. The first-order chi connectivity index (χ1) is 9.23. The largest absolute Gasteiger partial charge is 0.389 e. The smallest absolute Gasteiger partial charge is 0.300 e. The van der Waals surface area contributed by atoms with E-state index in [1.54, 1.807) is 0 Å². The van der Waals surface area contributed by atoms with Gasteiger partial charge in [0, 0.05) is 12.6 Å². The zero-order valence-corrected chi connectivity index (χ0v) is 12.7. The normalized spacial score (nSPS) is 18.3. The predicted molar refractivity (Wildman–Crippen MR) is 74.6 cm³/mol. The van der Waals surface area contributed by atoms with Crippen molar-refractivity contribution < 1.29 is 18.4 Å². The number of rotatable bonds is 5. The molecule has 0 amide bonds. The highest BCUT2D eigenvalue weighted by molar-refractivity contribution is 7.91. The van der Waals surface area contributed by atoms with Crippen LogP contribution in [0.4, 0.5) is 5.69 Å². The van der Waals surface area contributed by atoms with E-state index in [2.05, 4.69) is 4.72 Å². The lowest BCUT2D eigenvalue weighted by Crippen LogP contribution is -2.40. The molecular formula is C10H13ClN2O5S2. The standard InChI is InChI=1S/C10H13ClN2O5S2/c11-9-7(13(15)16)5-8(19-9)20(17,18)12-6-10(14)3-1-2-4-10/h5,12,14H,1-4,6H2. The summed E-state index contributed by atoms with van der Waals surface area (Å²) < 4.78 is 25.9. The molecule has 2 rings (SSSR count). The number of hydrogen-bond donors (Lipinski definition) is 2. The predicted octanol–water partition coefficient (Wildman–Crippen LogP) is 1.89. The Hall–Kier alpha value is -0.740. The van der Waals surface area contributed by atoms with Crippen molar-refractivity contribution in [1.82, 2.24) is 4.72 Å². The molecule has 1 saturated carbocycles. The van der Waals surface area contributed by atoms with Gasteiger partial charge in [0.25, 0.3) is 5.69 Å². The Labute approximate surface area is 124 Å². The lowest BCUT2D eigenvalue weighted by molar-refractivity contribution is -0.384. The van der Waals surface area contributed by atoms with Crippen LogP contribution in [0.3, 0.4) is 0 Å². The van der Waals surface area contributed by atoms with E-state index in [0.29, 0.717) is 24.2 Å². The number of nitro groups is 1. The highest BCUT2D eigenvalue weighted by atomic mass is 35.5. The lowest BCUT2D eigenvalue weighted by atomic mass is 10.0. The second kappa shape index (κ2) is 5.57. The van der Waals surface area contributed by atoms with Gasteiger partial charge < -0.3 is 5.11 Å². The van der Waals surface area contributed by atoms with Gasteiger partial charge in [-0.3, -0.25) is 10.1 Å². The van der Waals surface area contributed by atoms with Gasteiger partial charge in [-0.05, 0) is 12.8 Å². The molecule has 0 radical (unpaired) electrons. The van der Waals surface area contributed by atoms with E-state index in [-0.39, 0.29) is 15.1 Å². The Morgan fingerprint density at radius 1 is 1.50 bits per heavy atom. The molecule has 0 aromatic carbocycles. The molecule has 7 nitrogen and oxygen atoms in total. The van der Waals surface area contributed by atoms with Gasteiger partial charge >= 0.3 is 0 Å². The molecule has 10 heteroatoms. The summed E-state index contributed by atoms with van der Waals surface area (Å²) in [7, 11) is -3.90. The molecule has 1 heterocycles. The molecule has 112 valence electrons. The summed E-state index contributed by atoms with van der Waals surface area (Å²) >= 11 is 6.26. The summed E-state index contributed by atoms with van der Waals surface area (Å²) in [5.74, 6) is 0. The first-order valence-corrected chi connectivity index (χ1v) is 8.57. The molecule has 1 aliphatic rings. The highest BCUT2D eigenvalue weighted by Crippen LogP contribution is 2.36. The van der Waals surface area contributed by atoms with Crippen LogP contribution < -0.4 is 4.72 Å². The second-order valence-corrected chi connectivity index (χ2v) is 8.39. The first kappa shape index (κ1) is 15.6. The third-order valence-corrected chi connectivity index (χ3v) is 6.45. The Kier molecular flexibility index (Phi) is 4.35. The minimum Gasteiger partial charge on any atom is -0.389 e. The third-order valence-electron chi connectivity index (χ3n) is 3.23. The maximum atomic E-state index is 12.0. The fraction of sp³-hybridized carbons (Fsp3) is 0.600. The molecule has 0 saturated heterocycles. The van der Waals surface area contributed by atoms with Crippen LogP contribution in [-0.4, -0.2) is 30.6 Å². The number of sulfonamides is 1. The Balaban J connectivity index is 2.14. The fourth-order valence-corrected chi connectivity index (χ4v) is 4.93. The quantitative estimate of drug-likeness (QED) is 0.628. The third kappa shape index (κ3) is 3.29. The molecule has 2 N–H and O–H groups in total. The number of nitrogens with zero attached hydrogens (tertiary/aromatic N) is 1. The van der Waals surface area contributed by atoms with Crippen LogP contribution in [0.15, 0.2) is 10.3 Å². The van der Waals surface area contributed by atoms with Gasteiger partial charge in [0.05, 0.1) is 10.5 Å². The van der Waals surface area contributed by atoms with E-state index in [4.69, 9.17) is 11.6 Å². The van der Waals surface area contributed by atoms with Crippen molar-refractivity contribution >= 4 is 38.6 Å². The molecule has 0 atom stereocenters. The van der Waals surface area contributed by atoms with Crippen LogP contribution in [0.25, 0.3) is 0 Å². The molecule has 20 heavy (non-hydrogen) atoms. The van der Waals surface area contributed by atoms with Crippen LogP contribution in [0.1, 0.15) is 25.7 Å². The summed E-state index contributed by atoms with van der Waals surface area (Å²) in [6.07, 6.45) is 2.80. The fourth-order valence-electron chi connectivity index (χ4n) is 2.11. The van der Waals surface area contributed by atoms with Gasteiger partial charge in [-0.25, -0.2) is 13.1 Å². The molecule has 1 fully saturated rings. The maximum absolute atomic E-state index is 12.0. The number of nitrogens with one attached hydrogen (secondary N) is 1. The van der Waals surface area contributed by atoms with Crippen LogP contribution >= 0.6 is 22.9 Å².